The van der Waals surface area contributed by atoms with Crippen molar-refractivity contribution in [3.8, 4) is 6.07 Å². The number of rotatable bonds is 1. The van der Waals surface area contributed by atoms with Crippen molar-refractivity contribution < 1.29 is 4.79 Å². The van der Waals surface area contributed by atoms with Crippen molar-refractivity contribution in [2.75, 3.05) is 26.2 Å². The van der Waals surface area contributed by atoms with E-state index in [4.69, 9.17) is 16.9 Å². The van der Waals surface area contributed by atoms with Gasteiger partial charge in [0.25, 0.3) is 5.91 Å². The fraction of sp³-hybridized carbons (Fsp3) is 0.333. The van der Waals surface area contributed by atoms with E-state index >= 15 is 0 Å². The average Bonchev–Trinajstić information content (AvgIpc) is 2.39. The Balaban J connectivity index is 2.27. The molecule has 0 atom stereocenters. The van der Waals surface area contributed by atoms with Crippen LogP contribution in [0.25, 0.3) is 0 Å². The molecule has 0 saturated carbocycles. The normalized spacial score (nSPS) is 15.4. The van der Waals surface area contributed by atoms with Crippen LogP contribution in [0, 0.1) is 11.3 Å². The highest BCUT2D eigenvalue weighted by molar-refractivity contribution is 6.30. The van der Waals surface area contributed by atoms with E-state index in [1.807, 2.05) is 6.07 Å². The molecule has 1 heterocycles. The van der Waals surface area contributed by atoms with E-state index in [9.17, 15) is 4.79 Å². The Morgan fingerprint density at radius 2 is 2.12 bits per heavy atom. The molecule has 1 amide bonds. The van der Waals surface area contributed by atoms with Crippen LogP contribution in [0.3, 0.4) is 0 Å². The number of nitrogens with zero attached hydrogens (tertiary/aromatic N) is 2. The second-order valence-electron chi connectivity index (χ2n) is 3.84. The SMILES string of the molecule is N#Cc1cc(Cl)ccc1C(=O)N1CCNCC1. The van der Waals surface area contributed by atoms with Crippen LogP contribution < -0.4 is 5.32 Å². The predicted molar refractivity (Wildman–Crippen MR) is 64.9 cm³/mol. The Morgan fingerprint density at radius 3 is 2.76 bits per heavy atom. The molecule has 0 unspecified atom stereocenters. The summed E-state index contributed by atoms with van der Waals surface area (Å²) in [5.74, 6) is -0.0975. The summed E-state index contributed by atoms with van der Waals surface area (Å²) in [4.78, 5) is 13.9. The summed E-state index contributed by atoms with van der Waals surface area (Å²) >= 11 is 5.80. The number of halogens is 1. The van der Waals surface area contributed by atoms with Crippen molar-refractivity contribution in [3.63, 3.8) is 0 Å². The molecule has 5 heteroatoms. The first-order chi connectivity index (χ1) is 8.22. The average molecular weight is 250 g/mol. The van der Waals surface area contributed by atoms with E-state index in [2.05, 4.69) is 5.32 Å². The zero-order chi connectivity index (χ0) is 12.3. The number of nitriles is 1. The summed E-state index contributed by atoms with van der Waals surface area (Å²) in [6, 6.07) is 6.79. The lowest BCUT2D eigenvalue weighted by atomic mass is 10.1. The van der Waals surface area contributed by atoms with Crippen molar-refractivity contribution in [3.05, 3.63) is 34.3 Å². The Labute approximate surface area is 105 Å². The summed E-state index contributed by atoms with van der Waals surface area (Å²) in [7, 11) is 0. The molecular formula is C12H12ClN3O. The summed E-state index contributed by atoms with van der Waals surface area (Å²) in [5, 5.41) is 12.6. The Hall–Kier alpha value is -1.57. The molecule has 1 aliphatic heterocycles. The predicted octanol–water partition coefficient (Wildman–Crippen LogP) is 1.26. The van der Waals surface area contributed by atoms with Gasteiger partial charge in [-0.2, -0.15) is 5.26 Å². The highest BCUT2D eigenvalue weighted by Crippen LogP contribution is 2.17. The van der Waals surface area contributed by atoms with E-state index in [0.717, 1.165) is 13.1 Å². The van der Waals surface area contributed by atoms with Crippen molar-refractivity contribution in [1.82, 2.24) is 10.2 Å². The van der Waals surface area contributed by atoms with Gasteiger partial charge in [0, 0.05) is 31.2 Å². The quantitative estimate of drug-likeness (QED) is 0.815. The van der Waals surface area contributed by atoms with Crippen molar-refractivity contribution in [1.29, 1.82) is 5.26 Å². The Morgan fingerprint density at radius 1 is 1.41 bits per heavy atom. The van der Waals surface area contributed by atoms with E-state index in [-0.39, 0.29) is 5.91 Å². The minimum absolute atomic E-state index is 0.0975. The van der Waals surface area contributed by atoms with Crippen LogP contribution in [0.2, 0.25) is 5.02 Å². The smallest absolute Gasteiger partial charge is 0.255 e. The molecule has 0 aromatic heterocycles. The summed E-state index contributed by atoms with van der Waals surface area (Å²) in [6.45, 7) is 2.93. The molecule has 2 rings (SSSR count). The molecular weight excluding hydrogens is 238 g/mol. The van der Waals surface area contributed by atoms with Crippen LogP contribution in [0.4, 0.5) is 0 Å². The van der Waals surface area contributed by atoms with Crippen molar-refractivity contribution in [2.24, 2.45) is 0 Å². The molecule has 1 aromatic rings. The minimum Gasteiger partial charge on any atom is -0.336 e. The van der Waals surface area contributed by atoms with Gasteiger partial charge in [0.15, 0.2) is 0 Å². The standard InChI is InChI=1S/C12H12ClN3O/c13-10-1-2-11(9(7-10)8-14)12(17)16-5-3-15-4-6-16/h1-2,7,15H,3-6H2. The Kier molecular flexibility index (Phi) is 3.62. The molecule has 1 aliphatic rings. The fourth-order valence-electron chi connectivity index (χ4n) is 1.83. The summed E-state index contributed by atoms with van der Waals surface area (Å²) < 4.78 is 0. The molecule has 1 N–H and O–H groups in total. The first-order valence-electron chi connectivity index (χ1n) is 5.42. The molecule has 0 spiro atoms. The first-order valence-corrected chi connectivity index (χ1v) is 5.80. The van der Waals surface area contributed by atoms with Crippen LogP contribution >= 0.6 is 11.6 Å². The number of piperazine rings is 1. The Bertz CT molecular complexity index is 475. The van der Waals surface area contributed by atoms with Gasteiger partial charge in [0.2, 0.25) is 0 Å². The van der Waals surface area contributed by atoms with Gasteiger partial charge in [0.1, 0.15) is 6.07 Å². The summed E-state index contributed by atoms with van der Waals surface area (Å²) in [5.41, 5.74) is 0.764. The largest absolute Gasteiger partial charge is 0.336 e. The van der Waals surface area contributed by atoms with Crippen molar-refractivity contribution in [2.45, 2.75) is 0 Å². The maximum atomic E-state index is 12.2. The van der Waals surface area contributed by atoms with Crippen LogP contribution in [0.1, 0.15) is 15.9 Å². The third-order valence-electron chi connectivity index (χ3n) is 2.74. The van der Waals surface area contributed by atoms with Crippen LogP contribution in [0.5, 0.6) is 0 Å². The van der Waals surface area contributed by atoms with Crippen LogP contribution in [0.15, 0.2) is 18.2 Å². The second-order valence-corrected chi connectivity index (χ2v) is 4.28. The molecule has 1 saturated heterocycles. The lowest BCUT2D eigenvalue weighted by Gasteiger charge is -2.27. The van der Waals surface area contributed by atoms with Gasteiger partial charge < -0.3 is 10.2 Å². The molecule has 4 nitrogen and oxygen atoms in total. The topological polar surface area (TPSA) is 56.1 Å². The third kappa shape index (κ3) is 2.57. The van der Waals surface area contributed by atoms with E-state index < -0.39 is 0 Å². The number of amides is 1. The molecule has 1 aromatic carbocycles. The molecule has 0 aliphatic carbocycles. The van der Waals surface area contributed by atoms with Crippen LogP contribution in [-0.2, 0) is 0 Å². The number of carbonyl (C=O) groups is 1. The highest BCUT2D eigenvalue weighted by Gasteiger charge is 2.20. The number of carbonyl (C=O) groups excluding carboxylic acids is 1. The zero-order valence-electron chi connectivity index (χ0n) is 9.24. The van der Waals surface area contributed by atoms with Gasteiger partial charge >= 0.3 is 0 Å². The molecule has 88 valence electrons. The molecule has 0 radical (unpaired) electrons. The maximum absolute atomic E-state index is 12.2. The van der Waals surface area contributed by atoms with Gasteiger partial charge in [-0.05, 0) is 18.2 Å². The number of hydrogen-bond donors (Lipinski definition) is 1. The van der Waals surface area contributed by atoms with Gasteiger partial charge in [-0.15, -0.1) is 0 Å². The fourth-order valence-corrected chi connectivity index (χ4v) is 2.01. The monoisotopic (exact) mass is 249 g/mol. The van der Waals surface area contributed by atoms with Crippen LogP contribution in [-0.4, -0.2) is 37.0 Å². The zero-order valence-corrected chi connectivity index (χ0v) is 10.00. The molecule has 0 bridgehead atoms. The number of nitrogens with one attached hydrogen (secondary N) is 1. The van der Waals surface area contributed by atoms with E-state index in [1.54, 1.807) is 17.0 Å². The van der Waals surface area contributed by atoms with Crippen molar-refractivity contribution >= 4 is 17.5 Å². The third-order valence-corrected chi connectivity index (χ3v) is 2.97. The van der Waals surface area contributed by atoms with E-state index in [1.165, 1.54) is 6.07 Å². The lowest BCUT2D eigenvalue weighted by Crippen LogP contribution is -2.46. The summed E-state index contributed by atoms with van der Waals surface area (Å²) in [6.07, 6.45) is 0. The minimum atomic E-state index is -0.0975. The van der Waals surface area contributed by atoms with Gasteiger partial charge in [-0.3, -0.25) is 4.79 Å². The van der Waals surface area contributed by atoms with Gasteiger partial charge in [-0.1, -0.05) is 11.6 Å². The number of hydrogen-bond acceptors (Lipinski definition) is 3. The van der Waals surface area contributed by atoms with Gasteiger partial charge in [0.05, 0.1) is 11.1 Å². The molecule has 17 heavy (non-hydrogen) atoms. The second kappa shape index (κ2) is 5.17. The van der Waals surface area contributed by atoms with E-state index in [0.29, 0.717) is 29.2 Å². The lowest BCUT2D eigenvalue weighted by molar-refractivity contribution is 0.0735. The maximum Gasteiger partial charge on any atom is 0.255 e. The van der Waals surface area contributed by atoms with Gasteiger partial charge in [-0.25, -0.2) is 0 Å². The first kappa shape index (κ1) is 11.9. The number of benzene rings is 1. The highest BCUT2D eigenvalue weighted by atomic mass is 35.5. The molecule has 1 fully saturated rings.